The molecule has 0 radical (unpaired) electrons. The summed E-state index contributed by atoms with van der Waals surface area (Å²) in [6.07, 6.45) is 2.56. The third kappa shape index (κ3) is 3.44. The number of nitrogens with zero attached hydrogens (tertiary/aromatic N) is 2. The van der Waals surface area contributed by atoms with Crippen LogP contribution >= 0.6 is 0 Å². The first-order chi connectivity index (χ1) is 9.08. The number of rotatable bonds is 5. The van der Waals surface area contributed by atoms with Gasteiger partial charge in [-0.05, 0) is 45.8 Å². The van der Waals surface area contributed by atoms with Gasteiger partial charge in [-0.1, -0.05) is 6.07 Å². The standard InChI is InChI=1S/C14H21N3O2/c1-11(10-16-8-3-4-9-16)15-13-6-5-7-14(12(13)2)17(18)19/h5-7,11,15H,3-4,8-10H2,1-2H3. The van der Waals surface area contributed by atoms with Crippen molar-refractivity contribution in [2.75, 3.05) is 25.0 Å². The van der Waals surface area contributed by atoms with Crippen molar-refractivity contribution in [1.82, 2.24) is 4.90 Å². The van der Waals surface area contributed by atoms with E-state index in [1.165, 1.54) is 25.9 Å². The molecule has 1 aromatic carbocycles. The molecule has 1 atom stereocenters. The van der Waals surface area contributed by atoms with Gasteiger partial charge in [0.05, 0.1) is 4.92 Å². The normalized spacial score (nSPS) is 17.4. The van der Waals surface area contributed by atoms with E-state index in [4.69, 9.17) is 0 Å². The highest BCUT2D eigenvalue weighted by Crippen LogP contribution is 2.25. The van der Waals surface area contributed by atoms with E-state index < -0.39 is 0 Å². The molecule has 0 aromatic heterocycles. The van der Waals surface area contributed by atoms with Crippen LogP contribution < -0.4 is 5.32 Å². The Kier molecular flexibility index (Phi) is 4.37. The Bertz CT molecular complexity index is 456. The van der Waals surface area contributed by atoms with Crippen molar-refractivity contribution >= 4 is 11.4 Å². The Morgan fingerprint density at radius 1 is 1.42 bits per heavy atom. The summed E-state index contributed by atoms with van der Waals surface area (Å²) in [5.41, 5.74) is 1.75. The molecule has 19 heavy (non-hydrogen) atoms. The Hall–Kier alpha value is -1.62. The predicted molar refractivity (Wildman–Crippen MR) is 76.6 cm³/mol. The van der Waals surface area contributed by atoms with E-state index in [1.807, 2.05) is 6.07 Å². The molecule has 1 aliphatic heterocycles. The molecular formula is C14H21N3O2. The fourth-order valence-corrected chi connectivity index (χ4v) is 2.64. The van der Waals surface area contributed by atoms with Gasteiger partial charge in [0, 0.05) is 29.9 Å². The zero-order valence-corrected chi connectivity index (χ0v) is 11.6. The molecule has 0 aliphatic carbocycles. The molecule has 0 bridgehead atoms. The average molecular weight is 263 g/mol. The van der Waals surface area contributed by atoms with Crippen molar-refractivity contribution in [3.63, 3.8) is 0 Å². The molecule has 1 N–H and O–H groups in total. The fraction of sp³-hybridized carbons (Fsp3) is 0.571. The summed E-state index contributed by atoms with van der Waals surface area (Å²) >= 11 is 0. The molecule has 1 saturated heterocycles. The summed E-state index contributed by atoms with van der Waals surface area (Å²) in [7, 11) is 0. The number of likely N-dealkylation sites (tertiary alicyclic amines) is 1. The van der Waals surface area contributed by atoms with E-state index in [1.54, 1.807) is 19.1 Å². The Balaban J connectivity index is 2.01. The van der Waals surface area contributed by atoms with Crippen LogP contribution in [-0.4, -0.2) is 35.5 Å². The van der Waals surface area contributed by atoms with Gasteiger partial charge >= 0.3 is 0 Å². The number of nitrogens with one attached hydrogen (secondary N) is 1. The van der Waals surface area contributed by atoms with Crippen LogP contribution in [0.5, 0.6) is 0 Å². The molecule has 1 unspecified atom stereocenters. The van der Waals surface area contributed by atoms with Crippen LogP contribution in [0.2, 0.25) is 0 Å². The summed E-state index contributed by atoms with van der Waals surface area (Å²) in [6, 6.07) is 5.48. The van der Waals surface area contributed by atoms with Gasteiger partial charge in [0.25, 0.3) is 5.69 Å². The van der Waals surface area contributed by atoms with Gasteiger partial charge in [0.15, 0.2) is 0 Å². The van der Waals surface area contributed by atoms with Crippen molar-refractivity contribution in [2.24, 2.45) is 0 Å². The van der Waals surface area contributed by atoms with Crippen LogP contribution in [0.1, 0.15) is 25.3 Å². The van der Waals surface area contributed by atoms with Gasteiger partial charge in [-0.15, -0.1) is 0 Å². The van der Waals surface area contributed by atoms with E-state index in [0.717, 1.165) is 12.2 Å². The average Bonchev–Trinajstić information content (AvgIpc) is 2.84. The molecule has 1 aromatic rings. The van der Waals surface area contributed by atoms with Crippen molar-refractivity contribution in [3.05, 3.63) is 33.9 Å². The molecule has 1 fully saturated rings. The summed E-state index contributed by atoms with van der Waals surface area (Å²) in [6.45, 7) is 7.24. The molecule has 0 amide bonds. The van der Waals surface area contributed by atoms with E-state index in [9.17, 15) is 10.1 Å². The van der Waals surface area contributed by atoms with E-state index >= 15 is 0 Å². The van der Waals surface area contributed by atoms with E-state index in [-0.39, 0.29) is 10.6 Å². The molecule has 1 heterocycles. The maximum absolute atomic E-state index is 10.9. The topological polar surface area (TPSA) is 58.4 Å². The SMILES string of the molecule is Cc1c(NC(C)CN2CCCC2)cccc1[N+](=O)[O-]. The molecule has 2 rings (SSSR count). The number of hydrogen-bond donors (Lipinski definition) is 1. The van der Waals surface area contributed by atoms with Gasteiger partial charge in [-0.3, -0.25) is 10.1 Å². The van der Waals surface area contributed by atoms with Crippen LogP contribution in [-0.2, 0) is 0 Å². The molecule has 5 nitrogen and oxygen atoms in total. The van der Waals surface area contributed by atoms with Crippen LogP contribution in [0, 0.1) is 17.0 Å². The first kappa shape index (κ1) is 13.8. The van der Waals surface area contributed by atoms with Crippen LogP contribution in [0.25, 0.3) is 0 Å². The highest BCUT2D eigenvalue weighted by atomic mass is 16.6. The smallest absolute Gasteiger partial charge is 0.274 e. The highest BCUT2D eigenvalue weighted by molar-refractivity contribution is 5.60. The zero-order chi connectivity index (χ0) is 13.8. The van der Waals surface area contributed by atoms with Gasteiger partial charge < -0.3 is 10.2 Å². The molecule has 1 aliphatic rings. The second-order valence-corrected chi connectivity index (χ2v) is 5.26. The molecule has 0 spiro atoms. The lowest BCUT2D eigenvalue weighted by Crippen LogP contribution is -2.33. The fourth-order valence-electron chi connectivity index (χ4n) is 2.64. The van der Waals surface area contributed by atoms with E-state index in [0.29, 0.717) is 11.6 Å². The van der Waals surface area contributed by atoms with Crippen LogP contribution in [0.3, 0.4) is 0 Å². The van der Waals surface area contributed by atoms with Gasteiger partial charge in [0.1, 0.15) is 0 Å². The first-order valence-corrected chi connectivity index (χ1v) is 6.81. The Labute approximate surface area is 113 Å². The number of anilines is 1. The lowest BCUT2D eigenvalue weighted by atomic mass is 10.1. The van der Waals surface area contributed by atoms with Crippen LogP contribution in [0.4, 0.5) is 11.4 Å². The van der Waals surface area contributed by atoms with Gasteiger partial charge in [0.2, 0.25) is 0 Å². The van der Waals surface area contributed by atoms with E-state index in [2.05, 4.69) is 17.1 Å². The largest absolute Gasteiger partial charge is 0.381 e. The Morgan fingerprint density at radius 2 is 2.11 bits per heavy atom. The minimum atomic E-state index is -0.328. The van der Waals surface area contributed by atoms with Crippen molar-refractivity contribution in [2.45, 2.75) is 32.7 Å². The van der Waals surface area contributed by atoms with Crippen LogP contribution in [0.15, 0.2) is 18.2 Å². The third-order valence-electron chi connectivity index (χ3n) is 3.63. The lowest BCUT2D eigenvalue weighted by Gasteiger charge is -2.22. The molecule has 0 saturated carbocycles. The summed E-state index contributed by atoms with van der Waals surface area (Å²) < 4.78 is 0. The van der Waals surface area contributed by atoms with Crippen molar-refractivity contribution < 1.29 is 4.92 Å². The second-order valence-electron chi connectivity index (χ2n) is 5.26. The second kappa shape index (κ2) is 6.02. The Morgan fingerprint density at radius 3 is 2.74 bits per heavy atom. The zero-order valence-electron chi connectivity index (χ0n) is 11.6. The monoisotopic (exact) mass is 263 g/mol. The lowest BCUT2D eigenvalue weighted by molar-refractivity contribution is -0.385. The maximum atomic E-state index is 10.9. The number of hydrogen-bond acceptors (Lipinski definition) is 4. The molecule has 104 valence electrons. The molecule has 5 heteroatoms. The van der Waals surface area contributed by atoms with Gasteiger partial charge in [-0.2, -0.15) is 0 Å². The number of nitro benzene ring substituents is 1. The maximum Gasteiger partial charge on any atom is 0.274 e. The first-order valence-electron chi connectivity index (χ1n) is 6.81. The highest BCUT2D eigenvalue weighted by Gasteiger charge is 2.17. The van der Waals surface area contributed by atoms with Crippen molar-refractivity contribution in [1.29, 1.82) is 0 Å². The molecular weight excluding hydrogens is 242 g/mol. The summed E-state index contributed by atoms with van der Waals surface area (Å²) in [4.78, 5) is 13.0. The summed E-state index contributed by atoms with van der Waals surface area (Å²) in [5, 5.41) is 14.3. The van der Waals surface area contributed by atoms with Gasteiger partial charge in [-0.25, -0.2) is 0 Å². The number of benzene rings is 1. The number of nitro groups is 1. The van der Waals surface area contributed by atoms with Crippen molar-refractivity contribution in [3.8, 4) is 0 Å². The minimum absolute atomic E-state index is 0.179. The quantitative estimate of drug-likeness (QED) is 0.655. The summed E-state index contributed by atoms with van der Waals surface area (Å²) in [5.74, 6) is 0. The predicted octanol–water partition coefficient (Wildman–Crippen LogP) is 2.80. The minimum Gasteiger partial charge on any atom is -0.381 e. The third-order valence-corrected chi connectivity index (χ3v) is 3.63.